The van der Waals surface area contributed by atoms with Crippen LogP contribution in [0.5, 0.6) is 0 Å². The minimum atomic E-state index is -2.46. The molecule has 1 heteroatoms. The Bertz CT molecular complexity index is 1100. The maximum atomic E-state index is 2.45. The molecule has 1 aliphatic rings. The molecular weight excluding hydrogens is 388 g/mol. The average Bonchev–Trinajstić information content (AvgIpc) is 2.93. The summed E-state index contributed by atoms with van der Waals surface area (Å²) in [5.74, 6) is 0.452. The van der Waals surface area contributed by atoms with Gasteiger partial charge in [0.25, 0.3) is 0 Å². The Morgan fingerprint density at radius 1 is 0.548 bits per heavy atom. The van der Waals surface area contributed by atoms with Crippen LogP contribution in [0.15, 0.2) is 94.7 Å². The Hall–Kier alpha value is -2.64. The molecule has 31 heavy (non-hydrogen) atoms. The molecule has 4 rings (SSSR count). The fourth-order valence-electron chi connectivity index (χ4n) is 5.57. The molecule has 0 saturated carbocycles. The number of aryl methyl sites for hydroxylation is 3. The van der Waals surface area contributed by atoms with E-state index >= 15 is 0 Å². The summed E-state index contributed by atoms with van der Waals surface area (Å²) in [4.78, 5) is 0. The van der Waals surface area contributed by atoms with Crippen molar-refractivity contribution in [1.82, 2.24) is 0 Å². The van der Waals surface area contributed by atoms with Crippen LogP contribution in [0, 0.1) is 26.7 Å². The molecule has 1 atom stereocenters. The van der Waals surface area contributed by atoms with Crippen LogP contribution in [0.2, 0.25) is 0 Å². The molecule has 3 aromatic rings. The SMILES string of the molecule is CC1=C(C)C(C)C([Si](c2cccc(C)c2)(c2cccc(C)c2)c2cccc(C)c2)=C1C. The summed E-state index contributed by atoms with van der Waals surface area (Å²) < 4.78 is 0. The van der Waals surface area contributed by atoms with Crippen LogP contribution in [0.25, 0.3) is 0 Å². The van der Waals surface area contributed by atoms with E-state index in [1.807, 2.05) is 0 Å². The predicted octanol–water partition coefficient (Wildman–Crippen LogP) is 5.92. The lowest BCUT2D eigenvalue weighted by molar-refractivity contribution is 0.851. The molecule has 158 valence electrons. The minimum absolute atomic E-state index is 0.452. The first-order chi connectivity index (χ1) is 14.8. The summed E-state index contributed by atoms with van der Waals surface area (Å²) in [6, 6.07) is 27.9. The zero-order chi connectivity index (χ0) is 22.3. The summed E-state index contributed by atoms with van der Waals surface area (Å²) in [7, 11) is -2.46. The molecule has 0 nitrogen and oxygen atoms in total. The van der Waals surface area contributed by atoms with E-state index in [1.165, 1.54) is 49.0 Å². The summed E-state index contributed by atoms with van der Waals surface area (Å²) in [5.41, 5.74) is 8.51. The van der Waals surface area contributed by atoms with Crippen molar-refractivity contribution in [1.29, 1.82) is 0 Å². The molecule has 0 spiro atoms. The Kier molecular flexibility index (Phi) is 5.66. The normalized spacial score (nSPS) is 16.9. The molecule has 0 aliphatic heterocycles. The number of benzene rings is 3. The van der Waals surface area contributed by atoms with Crippen LogP contribution in [0.4, 0.5) is 0 Å². The molecule has 0 bridgehead atoms. The molecule has 0 aromatic heterocycles. The van der Waals surface area contributed by atoms with Gasteiger partial charge in [-0.15, -0.1) is 0 Å². The number of rotatable bonds is 4. The van der Waals surface area contributed by atoms with Crippen LogP contribution in [-0.2, 0) is 0 Å². The van der Waals surface area contributed by atoms with Crippen molar-refractivity contribution in [2.75, 3.05) is 0 Å². The summed E-state index contributed by atoms with van der Waals surface area (Å²) in [6.45, 7) is 16.1. The largest absolute Gasteiger partial charge is 0.176 e. The molecule has 0 saturated heterocycles. The van der Waals surface area contributed by atoms with E-state index in [0.29, 0.717) is 5.92 Å². The highest BCUT2D eigenvalue weighted by Crippen LogP contribution is 2.41. The quantitative estimate of drug-likeness (QED) is 0.361. The van der Waals surface area contributed by atoms with E-state index in [4.69, 9.17) is 0 Å². The standard InChI is InChI=1S/C30H34Si/c1-20-11-8-14-27(17-20)31(28-15-9-12-21(2)18-28,29-16-10-13-22(3)19-29)30-25(6)23(4)24(5)26(30)7/h8-19,25H,1-7H3. The smallest absolute Gasteiger partial charge is 0.0636 e. The third kappa shape index (κ3) is 3.45. The lowest BCUT2D eigenvalue weighted by Crippen LogP contribution is -2.69. The van der Waals surface area contributed by atoms with Gasteiger partial charge in [-0.05, 0) is 68.6 Å². The minimum Gasteiger partial charge on any atom is -0.0636 e. The van der Waals surface area contributed by atoms with Gasteiger partial charge >= 0.3 is 0 Å². The predicted molar refractivity (Wildman–Crippen MR) is 138 cm³/mol. The molecule has 1 aliphatic carbocycles. The van der Waals surface area contributed by atoms with Gasteiger partial charge in [-0.3, -0.25) is 0 Å². The van der Waals surface area contributed by atoms with Gasteiger partial charge in [0.1, 0.15) is 0 Å². The Morgan fingerprint density at radius 3 is 1.23 bits per heavy atom. The zero-order valence-electron chi connectivity index (χ0n) is 20.0. The molecule has 0 radical (unpaired) electrons. The number of allylic oxidation sites excluding steroid dienone is 4. The average molecular weight is 423 g/mol. The van der Waals surface area contributed by atoms with E-state index in [2.05, 4.69) is 121 Å². The van der Waals surface area contributed by atoms with E-state index in [1.54, 1.807) is 5.20 Å². The first-order valence-electron chi connectivity index (χ1n) is 11.4. The maximum absolute atomic E-state index is 2.46. The van der Waals surface area contributed by atoms with Crippen molar-refractivity contribution in [2.45, 2.75) is 48.5 Å². The first-order valence-corrected chi connectivity index (χ1v) is 13.4. The Balaban J connectivity index is 2.21. The summed E-state index contributed by atoms with van der Waals surface area (Å²) >= 11 is 0. The van der Waals surface area contributed by atoms with Gasteiger partial charge < -0.3 is 0 Å². The highest BCUT2D eigenvalue weighted by Gasteiger charge is 2.48. The fourth-order valence-corrected chi connectivity index (χ4v) is 11.5. The highest BCUT2D eigenvalue weighted by molar-refractivity contribution is 7.16. The van der Waals surface area contributed by atoms with Crippen LogP contribution in [0.1, 0.15) is 44.4 Å². The van der Waals surface area contributed by atoms with Gasteiger partial charge in [0.15, 0.2) is 8.07 Å². The van der Waals surface area contributed by atoms with E-state index < -0.39 is 8.07 Å². The Morgan fingerprint density at radius 2 is 0.935 bits per heavy atom. The van der Waals surface area contributed by atoms with Crippen molar-refractivity contribution < 1.29 is 0 Å². The molecule has 0 N–H and O–H groups in total. The second-order valence-corrected chi connectivity index (χ2v) is 13.2. The van der Waals surface area contributed by atoms with Crippen LogP contribution in [-0.4, -0.2) is 8.07 Å². The van der Waals surface area contributed by atoms with Crippen molar-refractivity contribution in [3.8, 4) is 0 Å². The van der Waals surface area contributed by atoms with Gasteiger partial charge in [-0.1, -0.05) is 113 Å². The van der Waals surface area contributed by atoms with Gasteiger partial charge in [0.05, 0.1) is 0 Å². The van der Waals surface area contributed by atoms with Crippen molar-refractivity contribution in [2.24, 2.45) is 5.92 Å². The summed E-state index contributed by atoms with van der Waals surface area (Å²) in [5, 5.41) is 6.14. The second kappa shape index (κ2) is 8.13. The second-order valence-electron chi connectivity index (χ2n) is 9.43. The first kappa shape index (κ1) is 21.6. The van der Waals surface area contributed by atoms with Gasteiger partial charge in [-0.2, -0.15) is 0 Å². The van der Waals surface area contributed by atoms with Crippen LogP contribution in [0.3, 0.4) is 0 Å². The third-order valence-corrected chi connectivity index (χ3v) is 12.5. The monoisotopic (exact) mass is 422 g/mol. The molecule has 0 heterocycles. The number of hydrogen-bond donors (Lipinski definition) is 0. The van der Waals surface area contributed by atoms with Crippen molar-refractivity contribution >= 4 is 23.6 Å². The lowest BCUT2D eigenvalue weighted by Gasteiger charge is -2.39. The van der Waals surface area contributed by atoms with E-state index in [9.17, 15) is 0 Å². The highest BCUT2D eigenvalue weighted by atomic mass is 28.3. The van der Waals surface area contributed by atoms with Crippen LogP contribution < -0.4 is 15.6 Å². The topological polar surface area (TPSA) is 0 Å². The van der Waals surface area contributed by atoms with E-state index in [-0.39, 0.29) is 0 Å². The lowest BCUT2D eigenvalue weighted by atomic mass is 10.1. The van der Waals surface area contributed by atoms with E-state index in [0.717, 1.165) is 0 Å². The third-order valence-electron chi connectivity index (χ3n) is 7.40. The van der Waals surface area contributed by atoms with Crippen molar-refractivity contribution in [3.63, 3.8) is 0 Å². The maximum Gasteiger partial charge on any atom is 0.176 e. The zero-order valence-corrected chi connectivity index (χ0v) is 21.0. The summed E-state index contributed by atoms with van der Waals surface area (Å²) in [6.07, 6.45) is 0. The molecule has 1 unspecified atom stereocenters. The number of hydrogen-bond acceptors (Lipinski definition) is 0. The molecule has 3 aromatic carbocycles. The van der Waals surface area contributed by atoms with Gasteiger partial charge in [-0.25, -0.2) is 0 Å². The van der Waals surface area contributed by atoms with Gasteiger partial charge in [0.2, 0.25) is 0 Å². The molecule has 0 fully saturated rings. The van der Waals surface area contributed by atoms with Gasteiger partial charge in [0, 0.05) is 0 Å². The fraction of sp³-hybridized carbons (Fsp3) is 0.267. The van der Waals surface area contributed by atoms with Crippen LogP contribution >= 0.6 is 0 Å². The van der Waals surface area contributed by atoms with Crippen molar-refractivity contribution in [3.05, 3.63) is 111 Å². The Labute approximate surface area is 189 Å². The molecule has 0 amide bonds. The molecular formula is C30H34Si.